The Kier molecular flexibility index (Phi) is 4.37. The number of hydrogen-bond acceptors (Lipinski definition) is 4. The molecule has 27 heavy (non-hydrogen) atoms. The molecule has 3 N–H and O–H groups in total. The molecule has 0 saturated carbocycles. The summed E-state index contributed by atoms with van der Waals surface area (Å²) in [7, 11) is 0. The van der Waals surface area contributed by atoms with E-state index in [1.807, 2.05) is 36.4 Å². The van der Waals surface area contributed by atoms with Crippen molar-refractivity contribution < 1.29 is 4.79 Å². The molecule has 4 aromatic rings. The molecule has 0 saturated heterocycles. The van der Waals surface area contributed by atoms with Crippen LogP contribution in [0.1, 0.15) is 10.4 Å². The van der Waals surface area contributed by atoms with Crippen LogP contribution in [0.5, 0.6) is 0 Å². The molecule has 2 aromatic carbocycles. The van der Waals surface area contributed by atoms with Gasteiger partial charge in [-0.05, 0) is 53.9 Å². The number of carbonyl (C=O) groups is 1. The van der Waals surface area contributed by atoms with E-state index in [0.29, 0.717) is 16.8 Å². The normalized spacial score (nSPS) is 10.5. The summed E-state index contributed by atoms with van der Waals surface area (Å²) in [6.07, 6.45) is 3.25. The van der Waals surface area contributed by atoms with E-state index in [-0.39, 0.29) is 11.5 Å². The molecule has 0 aliphatic rings. The van der Waals surface area contributed by atoms with Gasteiger partial charge in [-0.3, -0.25) is 9.59 Å². The number of H-pyrrole nitrogens is 1. The molecular weight excluding hydrogens is 340 g/mol. The first-order valence-corrected chi connectivity index (χ1v) is 8.40. The van der Waals surface area contributed by atoms with Crippen LogP contribution in [0.15, 0.2) is 83.9 Å². The number of rotatable bonds is 4. The highest BCUT2D eigenvalue weighted by Crippen LogP contribution is 2.21. The third-order valence-corrected chi connectivity index (χ3v) is 4.13. The van der Waals surface area contributed by atoms with Crippen molar-refractivity contribution in [3.63, 3.8) is 0 Å². The summed E-state index contributed by atoms with van der Waals surface area (Å²) in [6, 6.07) is 19.9. The van der Waals surface area contributed by atoms with E-state index in [9.17, 15) is 9.59 Å². The Morgan fingerprint density at radius 3 is 2.44 bits per heavy atom. The smallest absolute Gasteiger partial charge is 0.259 e. The van der Waals surface area contributed by atoms with Crippen LogP contribution in [-0.2, 0) is 0 Å². The van der Waals surface area contributed by atoms with E-state index < -0.39 is 0 Å². The van der Waals surface area contributed by atoms with E-state index in [2.05, 4.69) is 20.6 Å². The molecule has 6 nitrogen and oxygen atoms in total. The van der Waals surface area contributed by atoms with E-state index in [1.54, 1.807) is 42.7 Å². The molecule has 0 spiro atoms. The molecule has 132 valence electrons. The summed E-state index contributed by atoms with van der Waals surface area (Å²) >= 11 is 0. The molecule has 4 rings (SSSR count). The third-order valence-electron chi connectivity index (χ3n) is 4.13. The van der Waals surface area contributed by atoms with Gasteiger partial charge in [-0.15, -0.1) is 0 Å². The number of pyridine rings is 2. The Morgan fingerprint density at radius 1 is 0.889 bits per heavy atom. The van der Waals surface area contributed by atoms with Crippen molar-refractivity contribution >= 4 is 33.9 Å². The van der Waals surface area contributed by atoms with E-state index in [1.165, 1.54) is 0 Å². The fraction of sp³-hybridized carbons (Fsp3) is 0. The standard InChI is InChI=1S/C21H16N4O2/c26-20(25-16-4-2-1-3-5-16)15-6-8-17(9-7-15)24-19-18-14(10-12-22-19)11-13-23-21(18)27/h1-13H,(H,22,24)(H,23,27)(H,25,26). The number of anilines is 3. The van der Waals surface area contributed by atoms with Crippen molar-refractivity contribution in [1.82, 2.24) is 9.97 Å². The second-order valence-corrected chi connectivity index (χ2v) is 5.95. The molecular formula is C21H16N4O2. The van der Waals surface area contributed by atoms with Crippen LogP contribution in [0, 0.1) is 0 Å². The van der Waals surface area contributed by atoms with Gasteiger partial charge in [0, 0.05) is 29.3 Å². The lowest BCUT2D eigenvalue weighted by Crippen LogP contribution is -2.11. The van der Waals surface area contributed by atoms with Crippen molar-refractivity contribution in [3.05, 3.63) is 95.0 Å². The quantitative estimate of drug-likeness (QED) is 0.517. The number of hydrogen-bond donors (Lipinski definition) is 3. The minimum absolute atomic E-state index is 0.188. The maximum absolute atomic E-state index is 12.3. The van der Waals surface area contributed by atoms with Gasteiger partial charge in [0.2, 0.25) is 0 Å². The zero-order valence-electron chi connectivity index (χ0n) is 14.3. The highest BCUT2D eigenvalue weighted by Gasteiger charge is 2.09. The zero-order valence-corrected chi connectivity index (χ0v) is 14.3. The minimum Gasteiger partial charge on any atom is -0.340 e. The van der Waals surface area contributed by atoms with Gasteiger partial charge in [0.15, 0.2) is 0 Å². The Labute approximate surface area is 154 Å². The highest BCUT2D eigenvalue weighted by molar-refractivity contribution is 6.04. The molecule has 0 radical (unpaired) electrons. The van der Waals surface area contributed by atoms with Gasteiger partial charge in [-0.25, -0.2) is 4.98 Å². The van der Waals surface area contributed by atoms with Crippen LogP contribution in [0.4, 0.5) is 17.2 Å². The number of carbonyl (C=O) groups excluding carboxylic acids is 1. The van der Waals surface area contributed by atoms with Gasteiger partial charge in [0.1, 0.15) is 5.82 Å². The lowest BCUT2D eigenvalue weighted by molar-refractivity contribution is 0.102. The van der Waals surface area contributed by atoms with Crippen molar-refractivity contribution in [2.75, 3.05) is 10.6 Å². The van der Waals surface area contributed by atoms with Gasteiger partial charge in [0.25, 0.3) is 11.5 Å². The lowest BCUT2D eigenvalue weighted by Gasteiger charge is -2.09. The van der Waals surface area contributed by atoms with Crippen molar-refractivity contribution in [2.45, 2.75) is 0 Å². The summed E-state index contributed by atoms with van der Waals surface area (Å²) in [5.74, 6) is 0.281. The van der Waals surface area contributed by atoms with Gasteiger partial charge in [-0.1, -0.05) is 18.2 Å². The van der Waals surface area contributed by atoms with Crippen LogP contribution in [0.25, 0.3) is 10.8 Å². The van der Waals surface area contributed by atoms with Crippen LogP contribution in [0.2, 0.25) is 0 Å². The number of nitrogens with one attached hydrogen (secondary N) is 3. The molecule has 1 amide bonds. The SMILES string of the molecule is O=C(Nc1ccccc1)c1ccc(Nc2nccc3cc[nH]c(=O)c23)cc1. The molecule has 0 aliphatic carbocycles. The predicted molar refractivity (Wildman–Crippen MR) is 106 cm³/mol. The van der Waals surface area contributed by atoms with Gasteiger partial charge >= 0.3 is 0 Å². The summed E-state index contributed by atoms with van der Waals surface area (Å²) in [4.78, 5) is 31.4. The van der Waals surface area contributed by atoms with Gasteiger partial charge in [-0.2, -0.15) is 0 Å². The van der Waals surface area contributed by atoms with Crippen LogP contribution in [0.3, 0.4) is 0 Å². The van der Waals surface area contributed by atoms with E-state index >= 15 is 0 Å². The lowest BCUT2D eigenvalue weighted by atomic mass is 10.1. The first kappa shape index (κ1) is 16.5. The fourth-order valence-electron chi connectivity index (χ4n) is 2.79. The number of benzene rings is 2. The average Bonchev–Trinajstić information content (AvgIpc) is 2.69. The number of amides is 1. The second-order valence-electron chi connectivity index (χ2n) is 5.95. The topological polar surface area (TPSA) is 86.9 Å². The van der Waals surface area contributed by atoms with Gasteiger partial charge < -0.3 is 15.6 Å². The molecule has 2 heterocycles. The number of aromatic amines is 1. The van der Waals surface area contributed by atoms with E-state index in [4.69, 9.17) is 0 Å². The maximum atomic E-state index is 12.3. The van der Waals surface area contributed by atoms with Crippen molar-refractivity contribution in [1.29, 1.82) is 0 Å². The number of nitrogens with zero attached hydrogens (tertiary/aromatic N) is 1. The summed E-state index contributed by atoms with van der Waals surface area (Å²) in [6.45, 7) is 0. The van der Waals surface area contributed by atoms with Crippen molar-refractivity contribution in [2.24, 2.45) is 0 Å². The first-order valence-electron chi connectivity index (χ1n) is 8.40. The summed E-state index contributed by atoms with van der Waals surface area (Å²) in [5.41, 5.74) is 1.80. The monoisotopic (exact) mass is 356 g/mol. The Balaban J connectivity index is 1.55. The van der Waals surface area contributed by atoms with Crippen LogP contribution in [-0.4, -0.2) is 15.9 Å². The predicted octanol–water partition coefficient (Wildman–Crippen LogP) is 3.92. The Hall–Kier alpha value is -3.93. The van der Waals surface area contributed by atoms with Crippen LogP contribution < -0.4 is 16.2 Å². The van der Waals surface area contributed by atoms with Crippen molar-refractivity contribution in [3.8, 4) is 0 Å². The maximum Gasteiger partial charge on any atom is 0.259 e. The third kappa shape index (κ3) is 3.55. The molecule has 6 heteroatoms. The largest absolute Gasteiger partial charge is 0.340 e. The molecule has 0 bridgehead atoms. The Morgan fingerprint density at radius 2 is 1.67 bits per heavy atom. The number of fused-ring (bicyclic) bond motifs is 1. The number of aromatic nitrogens is 2. The van der Waals surface area contributed by atoms with Crippen LogP contribution >= 0.6 is 0 Å². The summed E-state index contributed by atoms with van der Waals surface area (Å²) < 4.78 is 0. The molecule has 0 atom stereocenters. The second kappa shape index (κ2) is 7.13. The average molecular weight is 356 g/mol. The molecule has 2 aromatic heterocycles. The van der Waals surface area contributed by atoms with Gasteiger partial charge in [0.05, 0.1) is 5.39 Å². The fourth-order valence-corrected chi connectivity index (χ4v) is 2.79. The van der Waals surface area contributed by atoms with E-state index in [0.717, 1.165) is 16.8 Å². The molecule has 0 fully saturated rings. The number of para-hydroxylation sites is 1. The Bertz CT molecular complexity index is 1150. The molecule has 0 aliphatic heterocycles. The zero-order chi connectivity index (χ0) is 18.6. The molecule has 0 unspecified atom stereocenters. The minimum atomic E-state index is -0.207. The first-order chi connectivity index (χ1) is 13.2. The highest BCUT2D eigenvalue weighted by atomic mass is 16.1. The summed E-state index contributed by atoms with van der Waals surface area (Å²) in [5, 5.41) is 7.28.